The van der Waals surface area contributed by atoms with Crippen molar-refractivity contribution in [1.82, 2.24) is 15.1 Å². The number of carbonyl (C=O) groups excluding carboxylic acids is 1. The van der Waals surface area contributed by atoms with E-state index in [0.29, 0.717) is 21.8 Å². The van der Waals surface area contributed by atoms with Gasteiger partial charge >= 0.3 is 6.03 Å². The van der Waals surface area contributed by atoms with Gasteiger partial charge < -0.3 is 15.5 Å². The molecule has 0 aliphatic carbocycles. The van der Waals surface area contributed by atoms with E-state index < -0.39 is 0 Å². The Kier molecular flexibility index (Phi) is 5.08. The summed E-state index contributed by atoms with van der Waals surface area (Å²) in [4.78, 5) is 16.7. The van der Waals surface area contributed by atoms with Gasteiger partial charge in [0.2, 0.25) is 0 Å². The van der Waals surface area contributed by atoms with Crippen molar-refractivity contribution < 1.29 is 4.79 Å². The predicted molar refractivity (Wildman–Crippen MR) is 89.9 cm³/mol. The summed E-state index contributed by atoms with van der Waals surface area (Å²) in [7, 11) is 0. The van der Waals surface area contributed by atoms with Gasteiger partial charge in [0.15, 0.2) is 0 Å². The number of amides is 2. The fraction of sp³-hybridized carbons (Fsp3) is 0.533. The summed E-state index contributed by atoms with van der Waals surface area (Å²) in [5.74, 6) is 0. The summed E-state index contributed by atoms with van der Waals surface area (Å²) in [5, 5.41) is 7.27. The number of rotatable bonds is 2. The lowest BCUT2D eigenvalue weighted by Gasteiger charge is -2.32. The van der Waals surface area contributed by atoms with Crippen molar-refractivity contribution in [3.8, 4) is 0 Å². The van der Waals surface area contributed by atoms with Crippen LogP contribution < -0.4 is 10.6 Å². The zero-order valence-electron chi connectivity index (χ0n) is 12.3. The van der Waals surface area contributed by atoms with Gasteiger partial charge in [0.1, 0.15) is 0 Å². The largest absolute Gasteiger partial charge is 0.323 e. The Morgan fingerprint density at radius 3 is 2.50 bits per heavy atom. The highest BCUT2D eigenvalue weighted by atomic mass is 35.5. The first-order valence-electron chi connectivity index (χ1n) is 7.58. The van der Waals surface area contributed by atoms with Crippen LogP contribution in [0.5, 0.6) is 0 Å². The maximum absolute atomic E-state index is 12.4. The van der Waals surface area contributed by atoms with E-state index in [1.807, 2.05) is 4.90 Å². The van der Waals surface area contributed by atoms with Gasteiger partial charge in [-0.1, -0.05) is 23.2 Å². The van der Waals surface area contributed by atoms with E-state index >= 15 is 0 Å². The molecular formula is C15H20Cl2N4O. The first-order valence-corrected chi connectivity index (χ1v) is 8.34. The van der Waals surface area contributed by atoms with Crippen LogP contribution in [0.3, 0.4) is 0 Å². The SMILES string of the molecule is O=C(Nc1cc(Cl)cc(Cl)c1)N1CCC(N2CCNCC2)C1. The first kappa shape index (κ1) is 15.9. The third kappa shape index (κ3) is 3.84. The molecule has 22 heavy (non-hydrogen) atoms. The molecule has 0 saturated carbocycles. The number of nitrogens with zero attached hydrogens (tertiary/aromatic N) is 2. The normalized spacial score (nSPS) is 22.8. The maximum Gasteiger partial charge on any atom is 0.321 e. The molecule has 1 aromatic carbocycles. The van der Waals surface area contributed by atoms with Crippen molar-refractivity contribution in [2.75, 3.05) is 44.6 Å². The van der Waals surface area contributed by atoms with Gasteiger partial charge in [0, 0.05) is 61.0 Å². The van der Waals surface area contributed by atoms with Crippen LogP contribution >= 0.6 is 23.2 Å². The number of likely N-dealkylation sites (tertiary alicyclic amines) is 1. The number of anilines is 1. The molecule has 2 N–H and O–H groups in total. The molecule has 0 radical (unpaired) electrons. The van der Waals surface area contributed by atoms with E-state index in [2.05, 4.69) is 15.5 Å². The van der Waals surface area contributed by atoms with E-state index in [0.717, 1.165) is 45.7 Å². The summed E-state index contributed by atoms with van der Waals surface area (Å²) in [6, 6.07) is 5.44. The van der Waals surface area contributed by atoms with Crippen LogP contribution in [0, 0.1) is 0 Å². The molecule has 1 aromatic rings. The zero-order chi connectivity index (χ0) is 15.5. The first-order chi connectivity index (χ1) is 10.6. The van der Waals surface area contributed by atoms with Gasteiger partial charge in [-0.05, 0) is 24.6 Å². The topological polar surface area (TPSA) is 47.6 Å². The fourth-order valence-electron chi connectivity index (χ4n) is 3.10. The van der Waals surface area contributed by atoms with Crippen LogP contribution in [0.15, 0.2) is 18.2 Å². The Hall–Kier alpha value is -1.01. The quantitative estimate of drug-likeness (QED) is 0.868. The van der Waals surface area contributed by atoms with E-state index in [-0.39, 0.29) is 6.03 Å². The number of piperazine rings is 1. The number of benzene rings is 1. The van der Waals surface area contributed by atoms with Crippen molar-refractivity contribution in [2.24, 2.45) is 0 Å². The van der Waals surface area contributed by atoms with E-state index in [9.17, 15) is 4.79 Å². The van der Waals surface area contributed by atoms with E-state index in [1.54, 1.807) is 18.2 Å². The molecule has 2 aliphatic rings. The molecule has 0 aromatic heterocycles. The van der Waals surface area contributed by atoms with Crippen LogP contribution in [0.1, 0.15) is 6.42 Å². The van der Waals surface area contributed by atoms with Gasteiger partial charge in [-0.25, -0.2) is 4.79 Å². The lowest BCUT2D eigenvalue weighted by molar-refractivity contribution is 0.172. The second kappa shape index (κ2) is 7.04. The average Bonchev–Trinajstić information content (AvgIpc) is 2.97. The Bertz CT molecular complexity index is 528. The average molecular weight is 343 g/mol. The summed E-state index contributed by atoms with van der Waals surface area (Å²) in [6.07, 6.45) is 1.03. The lowest BCUT2D eigenvalue weighted by atomic mass is 10.2. The second-order valence-corrected chi connectivity index (χ2v) is 6.64. The van der Waals surface area contributed by atoms with Gasteiger partial charge in [0.05, 0.1) is 0 Å². The van der Waals surface area contributed by atoms with Crippen LogP contribution in [0.4, 0.5) is 10.5 Å². The molecule has 2 aliphatic heterocycles. The van der Waals surface area contributed by atoms with Crippen molar-refractivity contribution in [1.29, 1.82) is 0 Å². The minimum atomic E-state index is -0.0871. The molecule has 120 valence electrons. The molecule has 1 unspecified atom stereocenters. The van der Waals surface area contributed by atoms with Crippen LogP contribution in [-0.4, -0.2) is 61.1 Å². The Balaban J connectivity index is 1.56. The maximum atomic E-state index is 12.4. The van der Waals surface area contributed by atoms with Crippen molar-refractivity contribution in [2.45, 2.75) is 12.5 Å². The highest BCUT2D eigenvalue weighted by Gasteiger charge is 2.30. The number of urea groups is 1. The molecule has 3 rings (SSSR count). The molecule has 0 bridgehead atoms. The third-order valence-corrected chi connectivity index (χ3v) is 4.67. The summed E-state index contributed by atoms with van der Waals surface area (Å²) < 4.78 is 0. The van der Waals surface area contributed by atoms with Crippen LogP contribution in [0.2, 0.25) is 10.0 Å². The monoisotopic (exact) mass is 342 g/mol. The number of nitrogens with one attached hydrogen (secondary N) is 2. The van der Waals surface area contributed by atoms with E-state index in [1.165, 1.54) is 0 Å². The number of hydrogen-bond donors (Lipinski definition) is 2. The van der Waals surface area contributed by atoms with Gasteiger partial charge in [-0.15, -0.1) is 0 Å². The summed E-state index contributed by atoms with van der Waals surface area (Å²) in [6.45, 7) is 5.75. The number of carbonyl (C=O) groups is 1. The molecule has 2 heterocycles. The molecule has 2 fully saturated rings. The highest BCUT2D eigenvalue weighted by Crippen LogP contribution is 2.23. The van der Waals surface area contributed by atoms with Crippen molar-refractivity contribution >= 4 is 34.9 Å². The third-order valence-electron chi connectivity index (χ3n) is 4.23. The smallest absolute Gasteiger partial charge is 0.321 e. The standard InChI is InChI=1S/C15H20Cl2N4O/c16-11-7-12(17)9-13(8-11)19-15(22)21-4-1-14(10-21)20-5-2-18-3-6-20/h7-9,14,18H,1-6,10H2,(H,19,22). The molecule has 2 saturated heterocycles. The molecule has 7 heteroatoms. The Morgan fingerprint density at radius 1 is 1.14 bits per heavy atom. The molecule has 1 atom stereocenters. The predicted octanol–water partition coefficient (Wildman–Crippen LogP) is 2.50. The zero-order valence-corrected chi connectivity index (χ0v) is 13.8. The Labute approximate surface area is 140 Å². The summed E-state index contributed by atoms with van der Waals surface area (Å²) >= 11 is 11.9. The van der Waals surface area contributed by atoms with Gasteiger partial charge in [0.25, 0.3) is 0 Å². The second-order valence-electron chi connectivity index (χ2n) is 5.76. The van der Waals surface area contributed by atoms with Crippen molar-refractivity contribution in [3.63, 3.8) is 0 Å². The van der Waals surface area contributed by atoms with Crippen LogP contribution in [-0.2, 0) is 0 Å². The summed E-state index contributed by atoms with van der Waals surface area (Å²) in [5.41, 5.74) is 0.633. The lowest BCUT2D eigenvalue weighted by Crippen LogP contribution is -2.49. The van der Waals surface area contributed by atoms with Crippen molar-refractivity contribution in [3.05, 3.63) is 28.2 Å². The van der Waals surface area contributed by atoms with E-state index in [4.69, 9.17) is 23.2 Å². The van der Waals surface area contributed by atoms with Crippen LogP contribution in [0.25, 0.3) is 0 Å². The minimum Gasteiger partial charge on any atom is -0.323 e. The van der Waals surface area contributed by atoms with Gasteiger partial charge in [-0.2, -0.15) is 0 Å². The molecule has 2 amide bonds. The molecular weight excluding hydrogens is 323 g/mol. The minimum absolute atomic E-state index is 0.0871. The number of hydrogen-bond acceptors (Lipinski definition) is 3. The Morgan fingerprint density at radius 2 is 1.82 bits per heavy atom. The van der Waals surface area contributed by atoms with Gasteiger partial charge in [-0.3, -0.25) is 4.90 Å². The highest BCUT2D eigenvalue weighted by molar-refractivity contribution is 6.35. The molecule has 0 spiro atoms. The fourth-order valence-corrected chi connectivity index (χ4v) is 3.63. The number of halogens is 2. The molecule has 5 nitrogen and oxygen atoms in total.